The number of nitrogens with zero attached hydrogens (tertiary/aromatic N) is 4. The molecule has 0 spiro atoms. The Morgan fingerprint density at radius 2 is 1.68 bits per heavy atom. The van der Waals surface area contributed by atoms with Gasteiger partial charge in [0, 0.05) is 37.8 Å². The lowest BCUT2D eigenvalue weighted by atomic mass is 10.1. The molecule has 0 unspecified atom stereocenters. The molecule has 8 heteroatoms. The van der Waals surface area contributed by atoms with E-state index in [0.29, 0.717) is 37.5 Å². The average molecular weight is 439 g/mol. The Morgan fingerprint density at radius 1 is 0.968 bits per heavy atom. The van der Waals surface area contributed by atoms with Crippen molar-refractivity contribution >= 4 is 15.8 Å². The quantitative estimate of drug-likeness (QED) is 0.588. The second kappa shape index (κ2) is 9.03. The first-order valence-electron chi connectivity index (χ1n) is 10.3. The van der Waals surface area contributed by atoms with E-state index in [9.17, 15) is 8.42 Å². The number of rotatable bonds is 6. The molecule has 3 aromatic rings. The predicted octanol–water partition coefficient (Wildman–Crippen LogP) is 3.23. The van der Waals surface area contributed by atoms with E-state index >= 15 is 0 Å². The molecule has 0 saturated carbocycles. The molecule has 1 saturated heterocycles. The minimum atomic E-state index is -3.51. The number of aromatic nitrogens is 2. The molecule has 1 aliphatic rings. The maximum absolute atomic E-state index is 13.2. The van der Waals surface area contributed by atoms with E-state index in [1.807, 2.05) is 49.4 Å². The molecule has 1 aliphatic heterocycles. The predicted molar refractivity (Wildman–Crippen MR) is 121 cm³/mol. The first kappa shape index (κ1) is 21.3. The van der Waals surface area contributed by atoms with Crippen molar-refractivity contribution in [1.29, 1.82) is 0 Å². The lowest BCUT2D eigenvalue weighted by Gasteiger charge is -2.35. The molecule has 4 rings (SSSR count). The summed E-state index contributed by atoms with van der Waals surface area (Å²) in [6, 6.07) is 16.9. The van der Waals surface area contributed by atoms with E-state index in [1.54, 1.807) is 29.9 Å². The Hall–Kier alpha value is -2.97. The third kappa shape index (κ3) is 4.40. The van der Waals surface area contributed by atoms with Gasteiger partial charge in [-0.2, -0.15) is 4.31 Å². The number of methoxy groups -OCH3 is 1. The Morgan fingerprint density at radius 3 is 2.35 bits per heavy atom. The maximum Gasteiger partial charge on any atom is 0.243 e. The number of piperazine rings is 1. The van der Waals surface area contributed by atoms with E-state index in [4.69, 9.17) is 4.74 Å². The van der Waals surface area contributed by atoms with Gasteiger partial charge < -0.3 is 9.64 Å². The molecular weight excluding hydrogens is 412 g/mol. The van der Waals surface area contributed by atoms with Crippen molar-refractivity contribution in [1.82, 2.24) is 14.3 Å². The smallest absolute Gasteiger partial charge is 0.243 e. The molecule has 31 heavy (non-hydrogen) atoms. The highest BCUT2D eigenvalue weighted by molar-refractivity contribution is 7.89. The van der Waals surface area contributed by atoms with Gasteiger partial charge in [-0.3, -0.25) is 0 Å². The molecular formula is C23H26N4O3S. The normalized spacial score (nSPS) is 15.1. The van der Waals surface area contributed by atoms with Crippen LogP contribution in [-0.2, 0) is 16.4 Å². The first-order chi connectivity index (χ1) is 15.0. The first-order valence-corrected chi connectivity index (χ1v) is 11.8. The summed E-state index contributed by atoms with van der Waals surface area (Å²) in [6.45, 7) is 3.96. The molecule has 2 heterocycles. The van der Waals surface area contributed by atoms with Crippen LogP contribution in [0.15, 0.2) is 65.8 Å². The van der Waals surface area contributed by atoms with Gasteiger partial charge in [0.1, 0.15) is 17.9 Å². The molecule has 0 bridgehead atoms. The molecule has 1 aromatic heterocycles. The number of anilines is 1. The number of hydrogen-bond acceptors (Lipinski definition) is 6. The average Bonchev–Trinajstić information content (AvgIpc) is 2.84. The van der Waals surface area contributed by atoms with Crippen LogP contribution in [0.1, 0.15) is 12.5 Å². The molecule has 1 fully saturated rings. The van der Waals surface area contributed by atoms with Crippen LogP contribution < -0.4 is 9.64 Å². The van der Waals surface area contributed by atoms with Gasteiger partial charge in [-0.25, -0.2) is 18.4 Å². The van der Waals surface area contributed by atoms with Crippen LogP contribution in [0.4, 0.5) is 5.82 Å². The topological polar surface area (TPSA) is 75.6 Å². The maximum atomic E-state index is 13.2. The summed E-state index contributed by atoms with van der Waals surface area (Å²) in [5.74, 6) is 1.59. The highest BCUT2D eigenvalue weighted by Gasteiger charge is 2.30. The summed E-state index contributed by atoms with van der Waals surface area (Å²) < 4.78 is 33.1. The Balaban J connectivity index is 1.49. The Bertz CT molecular complexity index is 1140. The van der Waals surface area contributed by atoms with Gasteiger partial charge in [0.25, 0.3) is 0 Å². The van der Waals surface area contributed by atoms with Gasteiger partial charge in [-0.1, -0.05) is 25.1 Å². The van der Waals surface area contributed by atoms with Crippen LogP contribution in [-0.4, -0.2) is 56.0 Å². The van der Waals surface area contributed by atoms with Gasteiger partial charge in [0.05, 0.1) is 17.7 Å². The molecule has 0 amide bonds. The summed E-state index contributed by atoms with van der Waals surface area (Å²) in [6.07, 6.45) is 2.24. The summed E-state index contributed by atoms with van der Waals surface area (Å²) >= 11 is 0. The SMILES string of the molecule is CCc1ccccc1S(=O)(=O)N1CCN(c2cc(-c3ccc(OC)cc3)ncn2)CC1. The van der Waals surface area contributed by atoms with Crippen LogP contribution >= 0.6 is 0 Å². The van der Waals surface area contributed by atoms with Crippen molar-refractivity contribution in [3.63, 3.8) is 0 Å². The lowest BCUT2D eigenvalue weighted by molar-refractivity contribution is 0.383. The van der Waals surface area contributed by atoms with Gasteiger partial charge in [-0.05, 0) is 42.3 Å². The lowest BCUT2D eigenvalue weighted by Crippen LogP contribution is -2.49. The fourth-order valence-electron chi connectivity index (χ4n) is 3.78. The van der Waals surface area contributed by atoms with Crippen molar-refractivity contribution in [3.8, 4) is 17.0 Å². The van der Waals surface area contributed by atoms with Gasteiger partial charge in [0.2, 0.25) is 10.0 Å². The summed E-state index contributed by atoms with van der Waals surface area (Å²) in [5, 5.41) is 0. The zero-order valence-corrected chi connectivity index (χ0v) is 18.5. The zero-order valence-electron chi connectivity index (χ0n) is 17.7. The third-order valence-electron chi connectivity index (χ3n) is 5.57. The van der Waals surface area contributed by atoms with E-state index in [1.165, 1.54) is 0 Å². The van der Waals surface area contributed by atoms with Gasteiger partial charge in [0.15, 0.2) is 0 Å². The monoisotopic (exact) mass is 438 g/mol. The van der Waals surface area contributed by atoms with Crippen LogP contribution in [0.25, 0.3) is 11.3 Å². The van der Waals surface area contributed by atoms with E-state index < -0.39 is 10.0 Å². The highest BCUT2D eigenvalue weighted by atomic mass is 32.2. The summed E-state index contributed by atoms with van der Waals surface area (Å²) in [7, 11) is -1.87. The Labute approximate surface area is 183 Å². The number of hydrogen-bond donors (Lipinski definition) is 0. The molecule has 7 nitrogen and oxygen atoms in total. The third-order valence-corrected chi connectivity index (χ3v) is 7.57. The molecule has 0 radical (unpaired) electrons. The fraction of sp³-hybridized carbons (Fsp3) is 0.304. The van der Waals surface area contributed by atoms with E-state index in [-0.39, 0.29) is 0 Å². The second-order valence-electron chi connectivity index (χ2n) is 7.34. The molecule has 2 aromatic carbocycles. The van der Waals surface area contributed by atoms with Crippen molar-refractivity contribution < 1.29 is 13.2 Å². The van der Waals surface area contributed by atoms with Crippen molar-refractivity contribution in [3.05, 3.63) is 66.5 Å². The number of ether oxygens (including phenoxy) is 1. The van der Waals surface area contributed by atoms with Crippen LogP contribution in [0.5, 0.6) is 5.75 Å². The minimum Gasteiger partial charge on any atom is -0.497 e. The van der Waals surface area contributed by atoms with Crippen LogP contribution in [0, 0.1) is 0 Å². The van der Waals surface area contributed by atoms with Gasteiger partial charge >= 0.3 is 0 Å². The van der Waals surface area contributed by atoms with E-state index in [0.717, 1.165) is 28.4 Å². The molecule has 0 atom stereocenters. The molecule has 0 aliphatic carbocycles. The standard InChI is InChI=1S/C23H26N4O3S/c1-3-18-6-4-5-7-22(18)31(28,29)27-14-12-26(13-15-27)23-16-21(24-17-25-23)19-8-10-20(30-2)11-9-19/h4-11,16-17H,3,12-15H2,1-2H3. The Kier molecular flexibility index (Phi) is 6.20. The van der Waals surface area contributed by atoms with Crippen molar-refractivity contribution in [2.24, 2.45) is 0 Å². The van der Waals surface area contributed by atoms with Crippen LogP contribution in [0.2, 0.25) is 0 Å². The van der Waals surface area contributed by atoms with Crippen molar-refractivity contribution in [2.45, 2.75) is 18.2 Å². The molecule has 162 valence electrons. The summed E-state index contributed by atoms with van der Waals surface area (Å²) in [4.78, 5) is 11.3. The number of aryl methyl sites for hydroxylation is 1. The largest absolute Gasteiger partial charge is 0.497 e. The van der Waals surface area contributed by atoms with Crippen molar-refractivity contribution in [2.75, 3.05) is 38.2 Å². The van der Waals surface area contributed by atoms with Gasteiger partial charge in [-0.15, -0.1) is 0 Å². The van der Waals surface area contributed by atoms with E-state index in [2.05, 4.69) is 14.9 Å². The summed E-state index contributed by atoms with van der Waals surface area (Å²) in [5.41, 5.74) is 2.64. The number of benzene rings is 2. The fourth-order valence-corrected chi connectivity index (χ4v) is 5.50. The minimum absolute atomic E-state index is 0.412. The number of sulfonamides is 1. The molecule has 0 N–H and O–H groups in total. The highest BCUT2D eigenvalue weighted by Crippen LogP contribution is 2.26. The zero-order chi connectivity index (χ0) is 21.8. The van der Waals surface area contributed by atoms with Crippen LogP contribution in [0.3, 0.4) is 0 Å². The second-order valence-corrected chi connectivity index (χ2v) is 9.25.